The smallest absolute Gasteiger partial charge is 0.387 e. The number of amides is 1. The highest BCUT2D eigenvalue weighted by Gasteiger charge is 2.24. The monoisotopic (exact) mass is 444 g/mol. The highest BCUT2D eigenvalue weighted by Crippen LogP contribution is 2.21. The van der Waals surface area contributed by atoms with E-state index in [4.69, 9.17) is 9.26 Å². The van der Waals surface area contributed by atoms with Crippen LogP contribution in [0.2, 0.25) is 0 Å². The second-order valence-corrected chi connectivity index (χ2v) is 7.21. The molecule has 0 aliphatic carbocycles. The number of piperazine rings is 1. The number of hydrogen-bond acceptors (Lipinski definition) is 7. The van der Waals surface area contributed by atoms with Gasteiger partial charge in [-0.2, -0.15) is 13.8 Å². The summed E-state index contributed by atoms with van der Waals surface area (Å²) < 4.78 is 39.7. The van der Waals surface area contributed by atoms with Gasteiger partial charge < -0.3 is 18.9 Å². The summed E-state index contributed by atoms with van der Waals surface area (Å²) in [6.07, 6.45) is 0. The third-order valence-electron chi connectivity index (χ3n) is 5.14. The quantitative estimate of drug-likeness (QED) is 0.553. The van der Waals surface area contributed by atoms with Gasteiger partial charge in [0, 0.05) is 37.3 Å². The molecular weight excluding hydrogens is 422 g/mol. The first-order chi connectivity index (χ1) is 15.5. The molecule has 3 aromatic rings. The van der Waals surface area contributed by atoms with E-state index in [0.29, 0.717) is 50.0 Å². The third kappa shape index (κ3) is 5.20. The Morgan fingerprint density at radius 3 is 2.53 bits per heavy atom. The fraction of sp³-hybridized carbons (Fsp3) is 0.318. The Hall–Kier alpha value is -3.53. The van der Waals surface area contributed by atoms with E-state index in [1.54, 1.807) is 18.1 Å². The maximum Gasteiger partial charge on any atom is 0.387 e. The molecule has 0 spiro atoms. The Labute approximate surface area is 183 Å². The van der Waals surface area contributed by atoms with Gasteiger partial charge in [0.15, 0.2) is 0 Å². The van der Waals surface area contributed by atoms with Crippen LogP contribution in [-0.4, -0.2) is 65.7 Å². The molecule has 1 amide bonds. The van der Waals surface area contributed by atoms with Crippen molar-refractivity contribution in [1.82, 2.24) is 19.9 Å². The van der Waals surface area contributed by atoms with E-state index in [9.17, 15) is 13.6 Å². The predicted molar refractivity (Wildman–Crippen MR) is 111 cm³/mol. The number of ether oxygens (including phenoxy) is 2. The Kier molecular flexibility index (Phi) is 6.60. The number of benzene rings is 2. The molecule has 0 unspecified atom stereocenters. The maximum absolute atomic E-state index is 12.7. The summed E-state index contributed by atoms with van der Waals surface area (Å²) in [7, 11) is 1.60. The molecule has 0 bridgehead atoms. The molecule has 1 fully saturated rings. The number of alkyl halides is 2. The molecule has 1 aliphatic heterocycles. The molecule has 0 saturated carbocycles. The lowest BCUT2D eigenvalue weighted by Crippen LogP contribution is -2.48. The molecule has 0 N–H and O–H groups in total. The van der Waals surface area contributed by atoms with Gasteiger partial charge in [-0.05, 0) is 42.5 Å². The van der Waals surface area contributed by atoms with E-state index in [-0.39, 0.29) is 11.7 Å². The van der Waals surface area contributed by atoms with E-state index in [2.05, 4.69) is 19.8 Å². The lowest BCUT2D eigenvalue weighted by atomic mass is 10.1. The second-order valence-electron chi connectivity index (χ2n) is 7.21. The topological polar surface area (TPSA) is 80.9 Å². The van der Waals surface area contributed by atoms with Gasteiger partial charge in [0.05, 0.1) is 13.7 Å². The minimum absolute atomic E-state index is 0.0338. The number of hydrogen-bond donors (Lipinski definition) is 0. The zero-order valence-corrected chi connectivity index (χ0v) is 17.4. The van der Waals surface area contributed by atoms with Crippen molar-refractivity contribution >= 4 is 5.91 Å². The zero-order valence-electron chi connectivity index (χ0n) is 17.4. The van der Waals surface area contributed by atoms with E-state index in [1.807, 2.05) is 24.3 Å². The van der Waals surface area contributed by atoms with Crippen LogP contribution in [0, 0.1) is 0 Å². The van der Waals surface area contributed by atoms with E-state index < -0.39 is 6.61 Å². The molecule has 1 aromatic heterocycles. The Morgan fingerprint density at radius 2 is 1.84 bits per heavy atom. The normalized spacial score (nSPS) is 14.6. The van der Waals surface area contributed by atoms with Gasteiger partial charge in [-0.3, -0.25) is 9.69 Å². The van der Waals surface area contributed by atoms with Gasteiger partial charge in [-0.1, -0.05) is 11.2 Å². The Balaban J connectivity index is 1.31. The molecule has 2 heterocycles. The molecule has 168 valence electrons. The van der Waals surface area contributed by atoms with Crippen LogP contribution >= 0.6 is 0 Å². The minimum atomic E-state index is -2.93. The Morgan fingerprint density at radius 1 is 1.09 bits per heavy atom. The average Bonchev–Trinajstić information content (AvgIpc) is 3.27. The first-order valence-electron chi connectivity index (χ1n) is 10.1. The maximum atomic E-state index is 12.7. The molecule has 4 rings (SSSR count). The summed E-state index contributed by atoms with van der Waals surface area (Å²) in [5, 5.41) is 4.04. The average molecular weight is 444 g/mol. The molecule has 2 aromatic carbocycles. The van der Waals surface area contributed by atoms with Gasteiger partial charge in [0.25, 0.3) is 5.91 Å². The summed E-state index contributed by atoms with van der Waals surface area (Å²) in [5.41, 5.74) is 1.15. The molecule has 1 aliphatic rings. The number of nitrogens with zero attached hydrogens (tertiary/aromatic N) is 4. The molecule has 32 heavy (non-hydrogen) atoms. The van der Waals surface area contributed by atoms with Crippen LogP contribution in [0.5, 0.6) is 11.5 Å². The van der Waals surface area contributed by atoms with Crippen molar-refractivity contribution in [1.29, 1.82) is 0 Å². The van der Waals surface area contributed by atoms with Gasteiger partial charge in [-0.15, -0.1) is 0 Å². The zero-order chi connectivity index (χ0) is 22.5. The minimum Gasteiger partial charge on any atom is -0.497 e. The fourth-order valence-corrected chi connectivity index (χ4v) is 3.46. The fourth-order valence-electron chi connectivity index (χ4n) is 3.46. The van der Waals surface area contributed by atoms with Gasteiger partial charge in [0.1, 0.15) is 11.5 Å². The standard InChI is InChI=1S/C22H22F2N4O4/c1-30-17-7-5-15(6-8-17)20-25-19(32-26-20)14-27-9-11-28(12-10-27)21(29)16-3-2-4-18(13-16)31-22(23)24/h2-8,13,22H,9-12,14H2,1H3. The van der Waals surface area contributed by atoms with E-state index >= 15 is 0 Å². The first kappa shape index (κ1) is 21.7. The first-order valence-corrected chi connectivity index (χ1v) is 10.1. The number of halogens is 2. The van der Waals surface area contributed by atoms with Crippen LogP contribution in [0.3, 0.4) is 0 Å². The van der Waals surface area contributed by atoms with Crippen LogP contribution < -0.4 is 9.47 Å². The van der Waals surface area contributed by atoms with Crippen molar-refractivity contribution in [2.45, 2.75) is 13.2 Å². The lowest BCUT2D eigenvalue weighted by molar-refractivity contribution is -0.0499. The van der Waals surface area contributed by atoms with Crippen LogP contribution in [0.25, 0.3) is 11.4 Å². The van der Waals surface area contributed by atoms with Crippen molar-refractivity contribution in [3.63, 3.8) is 0 Å². The summed E-state index contributed by atoms with van der Waals surface area (Å²) in [6.45, 7) is -0.212. The number of aromatic nitrogens is 2. The van der Waals surface area contributed by atoms with Crippen molar-refractivity contribution in [2.75, 3.05) is 33.3 Å². The van der Waals surface area contributed by atoms with Gasteiger partial charge >= 0.3 is 6.61 Å². The third-order valence-corrected chi connectivity index (χ3v) is 5.14. The largest absolute Gasteiger partial charge is 0.497 e. The number of carbonyl (C=O) groups excluding carboxylic acids is 1. The lowest BCUT2D eigenvalue weighted by Gasteiger charge is -2.34. The van der Waals surface area contributed by atoms with Crippen LogP contribution in [-0.2, 0) is 6.54 Å². The van der Waals surface area contributed by atoms with Crippen molar-refractivity contribution in [2.24, 2.45) is 0 Å². The van der Waals surface area contributed by atoms with Crippen LogP contribution in [0.1, 0.15) is 16.2 Å². The number of carbonyl (C=O) groups is 1. The van der Waals surface area contributed by atoms with E-state index in [1.165, 1.54) is 18.2 Å². The molecule has 10 heteroatoms. The van der Waals surface area contributed by atoms with Crippen molar-refractivity contribution in [3.05, 3.63) is 60.0 Å². The second kappa shape index (κ2) is 9.73. The molecule has 0 radical (unpaired) electrons. The SMILES string of the molecule is COc1ccc(-c2noc(CN3CCN(C(=O)c4cccc(OC(F)F)c4)CC3)n2)cc1. The van der Waals surface area contributed by atoms with Crippen LogP contribution in [0.15, 0.2) is 53.1 Å². The highest BCUT2D eigenvalue weighted by molar-refractivity contribution is 5.94. The Bertz CT molecular complexity index is 1050. The molecule has 1 saturated heterocycles. The number of methoxy groups -OCH3 is 1. The van der Waals surface area contributed by atoms with Crippen molar-refractivity contribution < 1.29 is 27.6 Å². The summed E-state index contributed by atoms with van der Waals surface area (Å²) in [5.74, 6) is 1.49. The molecule has 0 atom stereocenters. The summed E-state index contributed by atoms with van der Waals surface area (Å²) >= 11 is 0. The number of rotatable bonds is 7. The molecular formula is C22H22F2N4O4. The predicted octanol–water partition coefficient (Wildman–Crippen LogP) is 3.30. The molecule has 8 nitrogen and oxygen atoms in total. The summed E-state index contributed by atoms with van der Waals surface area (Å²) in [4.78, 5) is 21.0. The van der Waals surface area contributed by atoms with E-state index in [0.717, 1.165) is 11.3 Å². The van der Waals surface area contributed by atoms with Crippen molar-refractivity contribution in [3.8, 4) is 22.9 Å². The van der Waals surface area contributed by atoms with Gasteiger partial charge in [0.2, 0.25) is 11.7 Å². The highest BCUT2D eigenvalue weighted by atomic mass is 19.3. The van der Waals surface area contributed by atoms with Crippen LogP contribution in [0.4, 0.5) is 8.78 Å². The van der Waals surface area contributed by atoms with Gasteiger partial charge in [-0.25, -0.2) is 0 Å². The summed E-state index contributed by atoms with van der Waals surface area (Å²) in [6, 6.07) is 13.2.